The van der Waals surface area contributed by atoms with Gasteiger partial charge in [0.2, 0.25) is 5.91 Å². The fraction of sp³-hybridized carbons (Fsp3) is 0.500. The number of thioether (sulfide) groups is 1. The van der Waals surface area contributed by atoms with Crippen LogP contribution in [0, 0.1) is 5.92 Å². The maximum Gasteiger partial charge on any atom is 0.306 e. The molecular weight excluding hydrogens is 340 g/mol. The van der Waals surface area contributed by atoms with Crippen molar-refractivity contribution in [3.8, 4) is 0 Å². The highest BCUT2D eigenvalue weighted by atomic mass is 32.2. The van der Waals surface area contributed by atoms with Crippen LogP contribution < -0.4 is 5.32 Å². The van der Waals surface area contributed by atoms with Crippen LogP contribution in [0.2, 0.25) is 0 Å². The Kier molecular flexibility index (Phi) is 7.31. The standard InChI is InChI=1S/C18H24N2O4S/c1-25-12-9-15(19-16(21)13-5-3-2-4-6-13)17(22)20-10-7-14(8-11-20)18(23)24/h2-6,14-15H,7-12H2,1H3,(H,19,21)(H,23,24). The van der Waals surface area contributed by atoms with E-state index >= 15 is 0 Å². The van der Waals surface area contributed by atoms with Gasteiger partial charge in [-0.1, -0.05) is 18.2 Å². The van der Waals surface area contributed by atoms with E-state index in [2.05, 4.69) is 5.32 Å². The van der Waals surface area contributed by atoms with Gasteiger partial charge in [-0.2, -0.15) is 11.8 Å². The summed E-state index contributed by atoms with van der Waals surface area (Å²) in [6.45, 7) is 0.847. The summed E-state index contributed by atoms with van der Waals surface area (Å²) < 4.78 is 0. The Labute approximate surface area is 152 Å². The van der Waals surface area contributed by atoms with Gasteiger partial charge in [0.15, 0.2) is 0 Å². The molecule has 1 aromatic carbocycles. The normalized spacial score (nSPS) is 16.3. The van der Waals surface area contributed by atoms with Gasteiger partial charge in [0.25, 0.3) is 5.91 Å². The fourth-order valence-corrected chi connectivity index (χ4v) is 3.36. The molecule has 2 rings (SSSR count). The summed E-state index contributed by atoms with van der Waals surface area (Å²) in [6, 6.07) is 8.24. The highest BCUT2D eigenvalue weighted by molar-refractivity contribution is 7.98. The Balaban J connectivity index is 2.00. The second kappa shape index (κ2) is 9.46. The molecule has 2 amide bonds. The Bertz CT molecular complexity index is 600. The van der Waals surface area contributed by atoms with Gasteiger partial charge in [-0.05, 0) is 43.4 Å². The van der Waals surface area contributed by atoms with E-state index < -0.39 is 12.0 Å². The van der Waals surface area contributed by atoms with E-state index in [4.69, 9.17) is 5.11 Å². The predicted octanol–water partition coefficient (Wildman–Crippen LogP) is 1.86. The molecule has 1 saturated heterocycles. The van der Waals surface area contributed by atoms with Gasteiger partial charge in [-0.15, -0.1) is 0 Å². The monoisotopic (exact) mass is 364 g/mol. The summed E-state index contributed by atoms with van der Waals surface area (Å²) in [5.74, 6) is -0.810. The molecule has 0 aromatic heterocycles. The average Bonchev–Trinajstić information content (AvgIpc) is 2.65. The van der Waals surface area contributed by atoms with Crippen molar-refractivity contribution in [1.82, 2.24) is 10.2 Å². The lowest BCUT2D eigenvalue weighted by molar-refractivity contribution is -0.146. The van der Waals surface area contributed by atoms with E-state index in [1.54, 1.807) is 40.9 Å². The topological polar surface area (TPSA) is 86.7 Å². The van der Waals surface area contributed by atoms with Crippen molar-refractivity contribution in [2.75, 3.05) is 25.1 Å². The number of amides is 2. The van der Waals surface area contributed by atoms with Gasteiger partial charge in [0, 0.05) is 18.7 Å². The number of piperidine rings is 1. The fourth-order valence-electron chi connectivity index (χ4n) is 2.89. The second-order valence-electron chi connectivity index (χ2n) is 6.11. The van der Waals surface area contributed by atoms with E-state index in [-0.39, 0.29) is 17.7 Å². The lowest BCUT2D eigenvalue weighted by atomic mass is 9.96. The van der Waals surface area contributed by atoms with Gasteiger partial charge in [0.05, 0.1) is 5.92 Å². The summed E-state index contributed by atoms with van der Waals surface area (Å²) in [4.78, 5) is 37.9. The third kappa shape index (κ3) is 5.49. The molecule has 0 spiro atoms. The molecule has 7 heteroatoms. The third-order valence-electron chi connectivity index (χ3n) is 4.41. The highest BCUT2D eigenvalue weighted by Gasteiger charge is 2.31. The summed E-state index contributed by atoms with van der Waals surface area (Å²) in [7, 11) is 0. The first kappa shape index (κ1) is 19.3. The van der Waals surface area contributed by atoms with Crippen LogP contribution in [-0.4, -0.2) is 58.9 Å². The van der Waals surface area contributed by atoms with E-state index in [0.29, 0.717) is 37.9 Å². The molecule has 1 unspecified atom stereocenters. The lowest BCUT2D eigenvalue weighted by Gasteiger charge is -2.33. The molecule has 0 saturated carbocycles. The number of nitrogens with zero attached hydrogens (tertiary/aromatic N) is 1. The van der Waals surface area contributed by atoms with Crippen LogP contribution in [0.25, 0.3) is 0 Å². The molecule has 1 atom stereocenters. The number of rotatable bonds is 7. The number of aliphatic carboxylic acids is 1. The van der Waals surface area contributed by atoms with Crippen LogP contribution in [-0.2, 0) is 9.59 Å². The van der Waals surface area contributed by atoms with Gasteiger partial charge in [-0.25, -0.2) is 0 Å². The lowest BCUT2D eigenvalue weighted by Crippen LogP contribution is -2.51. The molecule has 0 bridgehead atoms. The minimum Gasteiger partial charge on any atom is -0.481 e. The molecule has 1 aliphatic rings. The Morgan fingerprint density at radius 2 is 1.88 bits per heavy atom. The summed E-state index contributed by atoms with van der Waals surface area (Å²) in [6.07, 6.45) is 3.43. The van der Waals surface area contributed by atoms with Crippen LogP contribution in [0.5, 0.6) is 0 Å². The van der Waals surface area contributed by atoms with Gasteiger partial charge in [0.1, 0.15) is 6.04 Å². The molecule has 1 fully saturated rings. The Morgan fingerprint density at radius 3 is 2.44 bits per heavy atom. The van der Waals surface area contributed by atoms with Crippen molar-refractivity contribution in [1.29, 1.82) is 0 Å². The van der Waals surface area contributed by atoms with Crippen molar-refractivity contribution in [3.63, 3.8) is 0 Å². The molecule has 1 heterocycles. The average molecular weight is 364 g/mol. The van der Waals surface area contributed by atoms with Crippen LogP contribution in [0.4, 0.5) is 0 Å². The number of hydrogen-bond donors (Lipinski definition) is 2. The number of carbonyl (C=O) groups is 3. The minimum absolute atomic E-state index is 0.123. The quantitative estimate of drug-likeness (QED) is 0.771. The highest BCUT2D eigenvalue weighted by Crippen LogP contribution is 2.19. The minimum atomic E-state index is -0.802. The van der Waals surface area contributed by atoms with E-state index in [1.807, 2.05) is 12.3 Å². The second-order valence-corrected chi connectivity index (χ2v) is 7.10. The molecule has 136 valence electrons. The van der Waals surface area contributed by atoms with Crippen molar-refractivity contribution in [2.45, 2.75) is 25.3 Å². The molecule has 1 aliphatic heterocycles. The van der Waals surface area contributed by atoms with Gasteiger partial charge < -0.3 is 15.3 Å². The zero-order valence-corrected chi connectivity index (χ0v) is 15.1. The molecule has 0 radical (unpaired) electrons. The first-order valence-electron chi connectivity index (χ1n) is 8.39. The molecular formula is C18H24N2O4S. The zero-order valence-electron chi connectivity index (χ0n) is 14.3. The Morgan fingerprint density at radius 1 is 1.24 bits per heavy atom. The number of hydrogen-bond acceptors (Lipinski definition) is 4. The maximum atomic E-state index is 12.8. The number of likely N-dealkylation sites (tertiary alicyclic amines) is 1. The number of benzene rings is 1. The van der Waals surface area contributed by atoms with Crippen LogP contribution in [0.1, 0.15) is 29.6 Å². The van der Waals surface area contributed by atoms with E-state index in [9.17, 15) is 14.4 Å². The number of carbonyl (C=O) groups excluding carboxylic acids is 2. The molecule has 0 aliphatic carbocycles. The molecule has 1 aromatic rings. The smallest absolute Gasteiger partial charge is 0.306 e. The number of carboxylic acid groups (broad SMARTS) is 1. The zero-order chi connectivity index (χ0) is 18.2. The molecule has 25 heavy (non-hydrogen) atoms. The van der Waals surface area contributed by atoms with E-state index in [1.165, 1.54) is 0 Å². The SMILES string of the molecule is CSCCC(NC(=O)c1ccccc1)C(=O)N1CCC(C(=O)O)CC1. The first-order valence-corrected chi connectivity index (χ1v) is 9.78. The van der Waals surface area contributed by atoms with Gasteiger partial charge in [-0.3, -0.25) is 14.4 Å². The van der Waals surface area contributed by atoms with Crippen LogP contribution in [0.3, 0.4) is 0 Å². The number of nitrogens with one attached hydrogen (secondary N) is 1. The summed E-state index contributed by atoms with van der Waals surface area (Å²) >= 11 is 1.62. The number of carboxylic acids is 1. The largest absolute Gasteiger partial charge is 0.481 e. The predicted molar refractivity (Wildman–Crippen MR) is 97.6 cm³/mol. The first-order chi connectivity index (χ1) is 12.0. The Hall–Kier alpha value is -2.02. The van der Waals surface area contributed by atoms with E-state index in [0.717, 1.165) is 5.75 Å². The van der Waals surface area contributed by atoms with Crippen molar-refractivity contribution >= 4 is 29.5 Å². The molecule has 2 N–H and O–H groups in total. The third-order valence-corrected chi connectivity index (χ3v) is 5.05. The molecule has 6 nitrogen and oxygen atoms in total. The van der Waals surface area contributed by atoms with Crippen LogP contribution in [0.15, 0.2) is 30.3 Å². The van der Waals surface area contributed by atoms with Gasteiger partial charge >= 0.3 is 5.97 Å². The summed E-state index contributed by atoms with van der Waals surface area (Å²) in [5.41, 5.74) is 0.522. The van der Waals surface area contributed by atoms with Crippen molar-refractivity contribution < 1.29 is 19.5 Å². The van der Waals surface area contributed by atoms with Crippen LogP contribution >= 0.6 is 11.8 Å². The van der Waals surface area contributed by atoms with Crippen molar-refractivity contribution in [3.05, 3.63) is 35.9 Å². The van der Waals surface area contributed by atoms with Crippen molar-refractivity contribution in [2.24, 2.45) is 5.92 Å². The maximum absolute atomic E-state index is 12.8. The summed E-state index contributed by atoms with van der Waals surface area (Å²) in [5, 5.41) is 11.9.